The van der Waals surface area contributed by atoms with E-state index in [1.54, 1.807) is 30.3 Å². The van der Waals surface area contributed by atoms with Crippen LogP contribution in [0.25, 0.3) is 0 Å². The maximum atomic E-state index is 12.7. The minimum atomic E-state index is -0.816. The molecule has 0 bridgehead atoms. The summed E-state index contributed by atoms with van der Waals surface area (Å²) in [6, 6.07) is 12.4. The summed E-state index contributed by atoms with van der Waals surface area (Å²) in [6.07, 6.45) is 0. The molecule has 0 spiro atoms. The van der Waals surface area contributed by atoms with Crippen LogP contribution in [0.4, 0.5) is 5.69 Å². The maximum Gasteiger partial charge on any atom is 0.349 e. The molecule has 2 amide bonds. The van der Waals surface area contributed by atoms with Crippen molar-refractivity contribution in [2.24, 2.45) is 0 Å². The first kappa shape index (κ1) is 23.7. The fourth-order valence-electron chi connectivity index (χ4n) is 3.11. The molecule has 0 aromatic heterocycles. The van der Waals surface area contributed by atoms with Gasteiger partial charge in [-0.15, -0.1) is 0 Å². The van der Waals surface area contributed by atoms with Gasteiger partial charge in [0.1, 0.15) is 15.8 Å². The minimum Gasteiger partial charge on any atom is -0.479 e. The van der Waals surface area contributed by atoms with Crippen LogP contribution in [0.2, 0.25) is 25.1 Å². The van der Waals surface area contributed by atoms with Gasteiger partial charge in [0.05, 0.1) is 31.9 Å². The number of carbonyl (C=O) groups excluding carboxylic acids is 3. The molecule has 11 heteroatoms. The van der Waals surface area contributed by atoms with Gasteiger partial charge in [-0.05, 0) is 24.3 Å². The highest BCUT2D eigenvalue weighted by Crippen LogP contribution is 2.48. The van der Waals surface area contributed by atoms with Crippen LogP contribution in [-0.4, -0.2) is 24.4 Å². The zero-order valence-electron chi connectivity index (χ0n) is 16.2. The number of esters is 1. The number of imide groups is 1. The summed E-state index contributed by atoms with van der Waals surface area (Å²) in [5.41, 5.74) is 0.842. The first-order valence-electron chi connectivity index (χ1n) is 9.13. The van der Waals surface area contributed by atoms with Crippen molar-refractivity contribution in [1.29, 1.82) is 0 Å². The van der Waals surface area contributed by atoms with E-state index in [1.165, 1.54) is 18.2 Å². The molecule has 0 atom stereocenters. The lowest BCUT2D eigenvalue weighted by atomic mass is 10.1. The van der Waals surface area contributed by atoms with Gasteiger partial charge >= 0.3 is 5.97 Å². The van der Waals surface area contributed by atoms with Gasteiger partial charge < -0.3 is 9.47 Å². The number of halogens is 5. The largest absolute Gasteiger partial charge is 0.479 e. The van der Waals surface area contributed by atoms with Gasteiger partial charge in [0.2, 0.25) is 0 Å². The molecule has 1 aliphatic rings. The van der Waals surface area contributed by atoms with Crippen LogP contribution in [0.5, 0.6) is 11.5 Å². The summed E-state index contributed by atoms with van der Waals surface area (Å²) in [7, 11) is 0. The van der Waals surface area contributed by atoms with Gasteiger partial charge in [0.25, 0.3) is 11.8 Å². The SMILES string of the molecule is O=C(COc1c(Cl)c(Cl)c(Cl)c(Cl)c1Cl)Oc1cccc(N2C(=O)c3ccccc3C2=O)c1. The topological polar surface area (TPSA) is 72.9 Å². The lowest BCUT2D eigenvalue weighted by molar-refractivity contribution is -0.136. The van der Waals surface area contributed by atoms with E-state index in [0.29, 0.717) is 11.1 Å². The fraction of sp³-hybridized carbons (Fsp3) is 0.0455. The minimum absolute atomic E-state index is 0.0479. The highest BCUT2D eigenvalue weighted by Gasteiger charge is 2.36. The summed E-state index contributed by atoms with van der Waals surface area (Å²) in [5, 5.41) is -0.435. The molecule has 6 nitrogen and oxygen atoms in total. The number of benzene rings is 3. The Labute approximate surface area is 212 Å². The molecule has 168 valence electrons. The van der Waals surface area contributed by atoms with Crippen LogP contribution in [0, 0.1) is 0 Å². The summed E-state index contributed by atoms with van der Waals surface area (Å²) < 4.78 is 10.6. The zero-order valence-corrected chi connectivity index (χ0v) is 20.0. The van der Waals surface area contributed by atoms with Gasteiger partial charge in [-0.2, -0.15) is 0 Å². The molecule has 4 rings (SSSR count). The lowest BCUT2D eigenvalue weighted by Gasteiger charge is -2.15. The molecule has 0 fully saturated rings. The molecule has 0 aliphatic carbocycles. The second-order valence-corrected chi connectivity index (χ2v) is 8.54. The van der Waals surface area contributed by atoms with Crippen molar-refractivity contribution in [2.75, 3.05) is 11.5 Å². The van der Waals surface area contributed by atoms with Crippen molar-refractivity contribution in [2.45, 2.75) is 0 Å². The maximum absolute atomic E-state index is 12.7. The predicted octanol–water partition coefficient (Wildman–Crippen LogP) is 6.74. The van der Waals surface area contributed by atoms with Gasteiger partial charge in [-0.3, -0.25) is 9.59 Å². The number of rotatable bonds is 5. The Hall–Kier alpha value is -2.48. The van der Waals surface area contributed by atoms with E-state index in [1.807, 2.05) is 0 Å². The molecule has 0 radical (unpaired) electrons. The van der Waals surface area contributed by atoms with Crippen LogP contribution in [0.15, 0.2) is 48.5 Å². The van der Waals surface area contributed by atoms with Gasteiger partial charge in [0.15, 0.2) is 12.4 Å². The quantitative estimate of drug-likeness (QED) is 0.117. The first-order valence-corrected chi connectivity index (χ1v) is 11.0. The standard InChI is InChI=1S/C22H10Cl5NO5/c23-15-16(24)18(26)20(19(27)17(15)25)32-9-14(29)33-11-5-3-4-10(8-11)28-21(30)12-6-1-2-7-13(12)22(28)31/h1-8H,9H2. The van der Waals surface area contributed by atoms with E-state index < -0.39 is 24.4 Å². The molecule has 0 saturated carbocycles. The molecule has 3 aromatic rings. The summed E-state index contributed by atoms with van der Waals surface area (Å²) >= 11 is 30.0. The normalized spacial score (nSPS) is 12.7. The van der Waals surface area contributed by atoms with E-state index >= 15 is 0 Å². The van der Waals surface area contributed by atoms with E-state index in [9.17, 15) is 14.4 Å². The van der Waals surface area contributed by atoms with Crippen molar-refractivity contribution in [3.05, 3.63) is 84.8 Å². The smallest absolute Gasteiger partial charge is 0.349 e. The number of nitrogens with zero attached hydrogens (tertiary/aromatic N) is 1. The first-order chi connectivity index (χ1) is 15.7. The van der Waals surface area contributed by atoms with Crippen molar-refractivity contribution >= 4 is 81.5 Å². The van der Waals surface area contributed by atoms with E-state index in [0.717, 1.165) is 4.90 Å². The molecule has 1 aliphatic heterocycles. The molecular formula is C22H10Cl5NO5. The molecule has 33 heavy (non-hydrogen) atoms. The van der Waals surface area contributed by atoms with Crippen molar-refractivity contribution in [1.82, 2.24) is 0 Å². The predicted molar refractivity (Wildman–Crippen MR) is 127 cm³/mol. The second-order valence-electron chi connectivity index (χ2n) is 6.65. The Morgan fingerprint density at radius 1 is 0.758 bits per heavy atom. The summed E-state index contributed by atoms with van der Waals surface area (Å²) in [6.45, 7) is -0.592. The van der Waals surface area contributed by atoms with E-state index in [2.05, 4.69) is 0 Å². The lowest BCUT2D eigenvalue weighted by Crippen LogP contribution is -2.29. The number of hydrogen-bond acceptors (Lipinski definition) is 5. The molecule has 0 N–H and O–H groups in total. The Balaban J connectivity index is 1.49. The van der Waals surface area contributed by atoms with Crippen LogP contribution in [0.3, 0.4) is 0 Å². The molecule has 0 saturated heterocycles. The monoisotopic (exact) mass is 543 g/mol. The van der Waals surface area contributed by atoms with Gasteiger partial charge in [0, 0.05) is 6.07 Å². The Bertz CT molecular complexity index is 1260. The average molecular weight is 546 g/mol. The highest BCUT2D eigenvalue weighted by atomic mass is 35.5. The van der Waals surface area contributed by atoms with Gasteiger partial charge in [-0.25, -0.2) is 9.69 Å². The third kappa shape index (κ3) is 4.37. The number of carbonyl (C=O) groups is 3. The highest BCUT2D eigenvalue weighted by molar-refractivity contribution is 6.55. The molecule has 1 heterocycles. The second kappa shape index (κ2) is 9.41. The van der Waals surface area contributed by atoms with Gasteiger partial charge in [-0.1, -0.05) is 76.2 Å². The third-order valence-corrected chi connectivity index (χ3v) is 6.85. The Kier molecular flexibility index (Phi) is 6.75. The van der Waals surface area contributed by atoms with Crippen molar-refractivity contribution in [3.8, 4) is 11.5 Å². The number of fused-ring (bicyclic) bond motifs is 1. The fourth-order valence-corrected chi connectivity index (χ4v) is 4.34. The van der Waals surface area contributed by atoms with Crippen LogP contribution >= 0.6 is 58.0 Å². The number of hydrogen-bond donors (Lipinski definition) is 0. The average Bonchev–Trinajstić information content (AvgIpc) is 3.06. The van der Waals surface area contributed by atoms with Crippen molar-refractivity contribution < 1.29 is 23.9 Å². The van der Waals surface area contributed by atoms with Crippen LogP contribution < -0.4 is 14.4 Å². The zero-order chi connectivity index (χ0) is 23.9. The summed E-state index contributed by atoms with van der Waals surface area (Å²) in [4.78, 5) is 38.7. The molecular weight excluding hydrogens is 536 g/mol. The van der Waals surface area contributed by atoms with Crippen LogP contribution in [-0.2, 0) is 4.79 Å². The van der Waals surface area contributed by atoms with E-state index in [4.69, 9.17) is 67.5 Å². The molecule has 3 aromatic carbocycles. The number of anilines is 1. The van der Waals surface area contributed by atoms with Crippen molar-refractivity contribution in [3.63, 3.8) is 0 Å². The Morgan fingerprint density at radius 3 is 1.88 bits per heavy atom. The molecule has 0 unspecified atom stereocenters. The Morgan fingerprint density at radius 2 is 1.30 bits per heavy atom. The van der Waals surface area contributed by atoms with E-state index in [-0.39, 0.29) is 42.3 Å². The summed E-state index contributed by atoms with van der Waals surface area (Å²) in [5.74, 6) is -1.80. The number of amides is 2. The van der Waals surface area contributed by atoms with Crippen LogP contribution in [0.1, 0.15) is 20.7 Å². The third-order valence-electron chi connectivity index (χ3n) is 4.61. The number of ether oxygens (including phenoxy) is 2.